The minimum absolute atomic E-state index is 0.460. The summed E-state index contributed by atoms with van der Waals surface area (Å²) in [5, 5.41) is 3.20. The number of ether oxygens (including phenoxy) is 2. The normalized spacial score (nSPS) is 10.6. The topological polar surface area (TPSA) is 56.3 Å². The lowest BCUT2D eigenvalue weighted by Crippen LogP contribution is -2.10. The van der Waals surface area contributed by atoms with Crippen molar-refractivity contribution in [3.8, 4) is 0 Å². The van der Waals surface area contributed by atoms with Crippen molar-refractivity contribution < 1.29 is 9.47 Å². The van der Waals surface area contributed by atoms with Gasteiger partial charge in [0.05, 0.1) is 23.4 Å². The van der Waals surface area contributed by atoms with Crippen molar-refractivity contribution in [3.63, 3.8) is 0 Å². The average Bonchev–Trinajstić information content (AvgIpc) is 2.32. The maximum absolute atomic E-state index is 5.12. The standard InChI is InChI=1S/C11H18BrN3O2/c1-4-13-11-10(12)8(7-17-3)14-9(15-11)5-6-16-2/h4-7H2,1-3H3,(H,13,14,15). The van der Waals surface area contributed by atoms with Gasteiger partial charge in [-0.3, -0.25) is 0 Å². The van der Waals surface area contributed by atoms with E-state index in [2.05, 4.69) is 31.2 Å². The van der Waals surface area contributed by atoms with Crippen molar-refractivity contribution in [1.29, 1.82) is 0 Å². The highest BCUT2D eigenvalue weighted by atomic mass is 79.9. The molecule has 17 heavy (non-hydrogen) atoms. The van der Waals surface area contributed by atoms with Gasteiger partial charge in [0.25, 0.3) is 0 Å². The second-order valence-corrected chi connectivity index (χ2v) is 4.25. The molecule has 0 aliphatic heterocycles. The molecular weight excluding hydrogens is 286 g/mol. The molecule has 0 atom stereocenters. The third-order valence-electron chi connectivity index (χ3n) is 2.12. The maximum atomic E-state index is 5.12. The summed E-state index contributed by atoms with van der Waals surface area (Å²) >= 11 is 3.49. The fraction of sp³-hybridized carbons (Fsp3) is 0.636. The summed E-state index contributed by atoms with van der Waals surface area (Å²) in [5.41, 5.74) is 0.851. The highest BCUT2D eigenvalue weighted by Gasteiger charge is 2.11. The molecule has 0 unspecified atom stereocenters. The summed E-state index contributed by atoms with van der Waals surface area (Å²) in [6.45, 7) is 3.91. The molecule has 0 bridgehead atoms. The van der Waals surface area contributed by atoms with E-state index >= 15 is 0 Å². The zero-order chi connectivity index (χ0) is 12.7. The van der Waals surface area contributed by atoms with Gasteiger partial charge < -0.3 is 14.8 Å². The monoisotopic (exact) mass is 303 g/mol. The average molecular weight is 304 g/mol. The molecule has 0 fully saturated rings. The number of hydrogen-bond donors (Lipinski definition) is 1. The number of anilines is 1. The lowest BCUT2D eigenvalue weighted by molar-refractivity contribution is 0.179. The number of aromatic nitrogens is 2. The molecule has 1 heterocycles. The minimum atomic E-state index is 0.460. The summed E-state index contributed by atoms with van der Waals surface area (Å²) in [6, 6.07) is 0. The molecular formula is C11H18BrN3O2. The molecule has 0 aliphatic carbocycles. The molecule has 0 spiro atoms. The van der Waals surface area contributed by atoms with E-state index in [-0.39, 0.29) is 0 Å². The highest BCUT2D eigenvalue weighted by Crippen LogP contribution is 2.24. The molecule has 96 valence electrons. The number of halogens is 1. The van der Waals surface area contributed by atoms with Gasteiger partial charge in [0.1, 0.15) is 11.6 Å². The van der Waals surface area contributed by atoms with Crippen molar-refractivity contribution in [2.24, 2.45) is 0 Å². The largest absolute Gasteiger partial charge is 0.384 e. The van der Waals surface area contributed by atoms with Crippen molar-refractivity contribution >= 4 is 21.7 Å². The third kappa shape index (κ3) is 4.22. The number of hydrogen-bond acceptors (Lipinski definition) is 5. The van der Waals surface area contributed by atoms with E-state index in [1.54, 1.807) is 14.2 Å². The molecule has 0 saturated heterocycles. The quantitative estimate of drug-likeness (QED) is 0.835. The molecule has 1 rings (SSSR count). The van der Waals surface area contributed by atoms with Crippen LogP contribution in [0.1, 0.15) is 18.4 Å². The molecule has 1 aromatic heterocycles. The fourth-order valence-electron chi connectivity index (χ4n) is 1.37. The Labute approximate surface area is 110 Å². The van der Waals surface area contributed by atoms with Crippen LogP contribution >= 0.6 is 15.9 Å². The molecule has 0 radical (unpaired) electrons. The van der Waals surface area contributed by atoms with Crippen LogP contribution < -0.4 is 5.32 Å². The predicted molar refractivity (Wildman–Crippen MR) is 70.2 cm³/mol. The van der Waals surface area contributed by atoms with Crippen LogP contribution in [0.15, 0.2) is 4.47 Å². The summed E-state index contributed by atoms with van der Waals surface area (Å²) in [7, 11) is 3.32. The van der Waals surface area contributed by atoms with E-state index in [0.717, 1.165) is 28.4 Å². The highest BCUT2D eigenvalue weighted by molar-refractivity contribution is 9.10. The summed E-state index contributed by atoms with van der Waals surface area (Å²) < 4.78 is 11.0. The first-order valence-electron chi connectivity index (χ1n) is 5.50. The smallest absolute Gasteiger partial charge is 0.144 e. The molecule has 5 nitrogen and oxygen atoms in total. The Hall–Kier alpha value is -0.720. The molecule has 1 N–H and O–H groups in total. The van der Waals surface area contributed by atoms with Gasteiger partial charge in [-0.15, -0.1) is 0 Å². The Morgan fingerprint density at radius 3 is 2.59 bits per heavy atom. The van der Waals surface area contributed by atoms with Gasteiger partial charge in [-0.05, 0) is 22.9 Å². The van der Waals surface area contributed by atoms with Gasteiger partial charge in [0.2, 0.25) is 0 Å². The van der Waals surface area contributed by atoms with Crippen molar-refractivity contribution in [2.75, 3.05) is 32.7 Å². The van der Waals surface area contributed by atoms with E-state index in [4.69, 9.17) is 9.47 Å². The van der Waals surface area contributed by atoms with Gasteiger partial charge >= 0.3 is 0 Å². The second kappa shape index (κ2) is 7.58. The number of methoxy groups -OCH3 is 2. The van der Waals surface area contributed by atoms with Crippen LogP contribution in [-0.4, -0.2) is 37.3 Å². The second-order valence-electron chi connectivity index (χ2n) is 3.46. The van der Waals surface area contributed by atoms with Crippen LogP contribution in [0.2, 0.25) is 0 Å². The van der Waals surface area contributed by atoms with Gasteiger partial charge in [-0.2, -0.15) is 0 Å². The Balaban J connectivity index is 2.98. The first kappa shape index (κ1) is 14.3. The summed E-state index contributed by atoms with van der Waals surface area (Å²) in [5.74, 6) is 1.57. The summed E-state index contributed by atoms with van der Waals surface area (Å²) in [6.07, 6.45) is 0.693. The first-order chi connectivity index (χ1) is 8.22. The number of nitrogens with one attached hydrogen (secondary N) is 1. The Kier molecular flexibility index (Phi) is 6.39. The van der Waals surface area contributed by atoms with E-state index in [1.165, 1.54) is 0 Å². The maximum Gasteiger partial charge on any atom is 0.144 e. The van der Waals surface area contributed by atoms with E-state index in [1.807, 2.05) is 6.92 Å². The van der Waals surface area contributed by atoms with Gasteiger partial charge in [-0.25, -0.2) is 9.97 Å². The molecule has 0 saturated carbocycles. The number of rotatable bonds is 7. The molecule has 0 aromatic carbocycles. The van der Waals surface area contributed by atoms with Crippen LogP contribution in [-0.2, 0) is 22.5 Å². The zero-order valence-electron chi connectivity index (χ0n) is 10.4. The molecule has 0 aliphatic rings. The van der Waals surface area contributed by atoms with Crippen LogP contribution in [0.3, 0.4) is 0 Å². The van der Waals surface area contributed by atoms with Crippen molar-refractivity contribution in [2.45, 2.75) is 20.0 Å². The molecule has 1 aromatic rings. The predicted octanol–water partition coefficient (Wildman–Crippen LogP) is 2.01. The summed E-state index contributed by atoms with van der Waals surface area (Å²) in [4.78, 5) is 8.88. The lowest BCUT2D eigenvalue weighted by Gasteiger charge is -2.11. The minimum Gasteiger partial charge on any atom is -0.384 e. The van der Waals surface area contributed by atoms with E-state index in [9.17, 15) is 0 Å². The first-order valence-corrected chi connectivity index (χ1v) is 6.29. The Morgan fingerprint density at radius 2 is 2.00 bits per heavy atom. The van der Waals surface area contributed by atoms with Gasteiger partial charge in [-0.1, -0.05) is 0 Å². The van der Waals surface area contributed by atoms with Gasteiger partial charge in [0.15, 0.2) is 0 Å². The molecule has 0 amide bonds. The van der Waals surface area contributed by atoms with Crippen LogP contribution in [0.4, 0.5) is 5.82 Å². The zero-order valence-corrected chi connectivity index (χ0v) is 12.0. The third-order valence-corrected chi connectivity index (χ3v) is 2.95. The fourth-order valence-corrected chi connectivity index (χ4v) is 1.80. The van der Waals surface area contributed by atoms with Crippen LogP contribution in [0.5, 0.6) is 0 Å². The lowest BCUT2D eigenvalue weighted by atomic mass is 10.3. The Morgan fingerprint density at radius 1 is 1.24 bits per heavy atom. The Bertz CT molecular complexity index is 334. The van der Waals surface area contributed by atoms with Crippen LogP contribution in [0.25, 0.3) is 0 Å². The SMILES string of the molecule is CCNc1nc(CCOC)nc(COC)c1Br. The molecule has 6 heteroatoms. The van der Waals surface area contributed by atoms with E-state index < -0.39 is 0 Å². The van der Waals surface area contributed by atoms with Crippen molar-refractivity contribution in [1.82, 2.24) is 9.97 Å². The number of nitrogens with zero attached hydrogens (tertiary/aromatic N) is 2. The van der Waals surface area contributed by atoms with Crippen LogP contribution in [0, 0.1) is 0 Å². The van der Waals surface area contributed by atoms with E-state index in [0.29, 0.717) is 19.6 Å². The van der Waals surface area contributed by atoms with Gasteiger partial charge in [0, 0.05) is 27.2 Å². The van der Waals surface area contributed by atoms with Crippen molar-refractivity contribution in [3.05, 3.63) is 16.0 Å².